The van der Waals surface area contributed by atoms with Crippen LogP contribution in [0.2, 0.25) is 0 Å². The van der Waals surface area contributed by atoms with Crippen molar-refractivity contribution in [2.24, 2.45) is 0 Å². The quantitative estimate of drug-likeness (QED) is 0.414. The van der Waals surface area contributed by atoms with Crippen LogP contribution in [0.5, 0.6) is 5.75 Å². The predicted molar refractivity (Wildman–Crippen MR) is 124 cm³/mol. The minimum atomic E-state index is -0.272. The molecule has 0 atom stereocenters. The van der Waals surface area contributed by atoms with Crippen molar-refractivity contribution in [3.8, 4) is 5.75 Å². The first-order valence-corrected chi connectivity index (χ1v) is 11.0. The van der Waals surface area contributed by atoms with E-state index >= 15 is 0 Å². The van der Waals surface area contributed by atoms with Gasteiger partial charge in [0.25, 0.3) is 5.91 Å². The summed E-state index contributed by atoms with van der Waals surface area (Å²) in [5.41, 5.74) is 3.82. The van der Waals surface area contributed by atoms with Crippen LogP contribution in [0.1, 0.15) is 36.1 Å². The second-order valence-electron chi connectivity index (χ2n) is 7.93. The summed E-state index contributed by atoms with van der Waals surface area (Å²) in [6, 6.07) is 17.5. The molecule has 2 aromatic heterocycles. The largest absolute Gasteiger partial charge is 0.494 e. The lowest BCUT2D eigenvalue weighted by atomic mass is 10.2. The van der Waals surface area contributed by atoms with Crippen LogP contribution in [0, 0.1) is 0 Å². The molecule has 1 aliphatic heterocycles. The highest BCUT2D eigenvalue weighted by Gasteiger charge is 2.21. The number of amides is 1. The molecule has 0 spiro atoms. The van der Waals surface area contributed by atoms with Gasteiger partial charge in [0.15, 0.2) is 5.76 Å². The average Bonchev–Trinajstić information content (AvgIpc) is 3.47. The van der Waals surface area contributed by atoms with Crippen molar-refractivity contribution >= 4 is 28.3 Å². The molecule has 0 aliphatic carbocycles. The highest BCUT2D eigenvalue weighted by molar-refractivity contribution is 6.03. The number of benzene rings is 2. The van der Waals surface area contributed by atoms with Crippen LogP contribution in [-0.2, 0) is 13.1 Å². The second kappa shape index (κ2) is 8.78. The lowest BCUT2D eigenvalue weighted by Crippen LogP contribution is -2.33. The van der Waals surface area contributed by atoms with E-state index in [-0.39, 0.29) is 11.7 Å². The normalized spacial score (nSPS) is 13.2. The number of aromatic nitrogens is 2. The van der Waals surface area contributed by atoms with E-state index in [0.717, 1.165) is 67.4 Å². The van der Waals surface area contributed by atoms with E-state index in [1.54, 1.807) is 12.1 Å². The molecule has 7 heteroatoms. The summed E-state index contributed by atoms with van der Waals surface area (Å²) in [7, 11) is 0. The number of rotatable bonds is 7. The number of carbonyl (C=O) groups excluding carboxylic acids is 1. The molecular formula is C25H26N4O3. The number of unbranched alkanes of at least 4 members (excludes halogenated alkanes) is 1. The zero-order chi connectivity index (χ0) is 21.9. The topological polar surface area (TPSA) is 72.5 Å². The Bertz CT molecular complexity index is 1210. The summed E-state index contributed by atoms with van der Waals surface area (Å²) in [6.45, 7) is 5.42. The van der Waals surface area contributed by atoms with Gasteiger partial charge in [-0.05, 0) is 61.0 Å². The molecular weight excluding hydrogens is 404 g/mol. The molecule has 7 nitrogen and oxygen atoms in total. The molecule has 0 saturated heterocycles. The van der Waals surface area contributed by atoms with Crippen LogP contribution in [-0.4, -0.2) is 28.6 Å². The van der Waals surface area contributed by atoms with Crippen LogP contribution < -0.4 is 15.0 Å². The number of anilines is 2. The van der Waals surface area contributed by atoms with Gasteiger partial charge in [-0.25, -0.2) is 4.98 Å². The number of furan rings is 1. The summed E-state index contributed by atoms with van der Waals surface area (Å²) >= 11 is 0. The Morgan fingerprint density at radius 3 is 2.81 bits per heavy atom. The van der Waals surface area contributed by atoms with Crippen molar-refractivity contribution in [1.29, 1.82) is 0 Å². The number of nitrogens with one attached hydrogen (secondary N) is 1. The van der Waals surface area contributed by atoms with Crippen molar-refractivity contribution in [2.75, 3.05) is 23.4 Å². The third-order valence-electron chi connectivity index (χ3n) is 5.72. The molecule has 164 valence electrons. The van der Waals surface area contributed by atoms with E-state index in [9.17, 15) is 4.79 Å². The molecule has 1 aliphatic rings. The number of imidazole rings is 1. The van der Waals surface area contributed by atoms with Gasteiger partial charge in [0.05, 0.1) is 30.4 Å². The molecule has 2 aromatic carbocycles. The minimum absolute atomic E-state index is 0.272. The van der Waals surface area contributed by atoms with Gasteiger partial charge in [0.1, 0.15) is 11.6 Å². The fourth-order valence-electron chi connectivity index (χ4n) is 4.01. The maximum Gasteiger partial charge on any atom is 0.291 e. The van der Waals surface area contributed by atoms with E-state index in [1.165, 1.54) is 6.26 Å². The highest BCUT2D eigenvalue weighted by atomic mass is 16.5. The van der Waals surface area contributed by atoms with Crippen molar-refractivity contribution in [3.63, 3.8) is 0 Å². The van der Waals surface area contributed by atoms with Gasteiger partial charge in [0, 0.05) is 24.5 Å². The number of hydrogen-bond donors (Lipinski definition) is 1. The van der Waals surface area contributed by atoms with Crippen LogP contribution in [0.4, 0.5) is 11.4 Å². The highest BCUT2D eigenvalue weighted by Crippen LogP contribution is 2.27. The van der Waals surface area contributed by atoms with E-state index in [2.05, 4.69) is 33.8 Å². The van der Waals surface area contributed by atoms with E-state index in [0.29, 0.717) is 5.69 Å². The molecule has 0 bridgehead atoms. The van der Waals surface area contributed by atoms with Crippen LogP contribution >= 0.6 is 0 Å². The maximum atomic E-state index is 12.3. The van der Waals surface area contributed by atoms with Crippen molar-refractivity contribution in [1.82, 2.24) is 9.55 Å². The number of nitrogens with zero attached hydrogens (tertiary/aromatic N) is 3. The molecule has 32 heavy (non-hydrogen) atoms. The fraction of sp³-hybridized carbons (Fsp3) is 0.280. The molecule has 0 unspecified atom stereocenters. The lowest BCUT2D eigenvalue weighted by Gasteiger charge is -2.30. The third-order valence-corrected chi connectivity index (χ3v) is 5.72. The molecule has 4 aromatic rings. The second-order valence-corrected chi connectivity index (χ2v) is 7.93. The Labute approximate surface area is 186 Å². The minimum Gasteiger partial charge on any atom is -0.494 e. The molecule has 1 amide bonds. The van der Waals surface area contributed by atoms with Gasteiger partial charge in [-0.2, -0.15) is 0 Å². The predicted octanol–water partition coefficient (Wildman–Crippen LogP) is 5.08. The van der Waals surface area contributed by atoms with Gasteiger partial charge >= 0.3 is 0 Å². The van der Waals surface area contributed by atoms with Gasteiger partial charge in [0.2, 0.25) is 0 Å². The van der Waals surface area contributed by atoms with Crippen LogP contribution in [0.25, 0.3) is 11.0 Å². The lowest BCUT2D eigenvalue weighted by molar-refractivity contribution is 0.0996. The maximum absolute atomic E-state index is 12.3. The van der Waals surface area contributed by atoms with Crippen molar-refractivity contribution in [2.45, 2.75) is 32.9 Å². The van der Waals surface area contributed by atoms with E-state index in [1.807, 2.05) is 30.3 Å². The number of ether oxygens (including phenoxy) is 1. The fourth-order valence-corrected chi connectivity index (χ4v) is 4.01. The monoisotopic (exact) mass is 430 g/mol. The first-order valence-electron chi connectivity index (χ1n) is 11.0. The van der Waals surface area contributed by atoms with Crippen LogP contribution in [0.15, 0.2) is 65.3 Å². The Hall–Kier alpha value is -3.74. The number of hydrogen-bond acceptors (Lipinski definition) is 5. The van der Waals surface area contributed by atoms with Gasteiger partial charge < -0.3 is 23.9 Å². The van der Waals surface area contributed by atoms with Crippen molar-refractivity contribution in [3.05, 3.63) is 72.4 Å². The summed E-state index contributed by atoms with van der Waals surface area (Å²) in [5.74, 6) is 1.94. The molecule has 0 fully saturated rings. The summed E-state index contributed by atoms with van der Waals surface area (Å²) in [4.78, 5) is 19.4. The van der Waals surface area contributed by atoms with E-state index in [4.69, 9.17) is 14.1 Å². The van der Waals surface area contributed by atoms with Gasteiger partial charge in [-0.15, -0.1) is 0 Å². The SMILES string of the molecule is CCCCOc1ccc(N2CCn3c(nc4cc(NC(=O)c5ccco5)ccc43)C2)cc1. The molecule has 1 N–H and O–H groups in total. The Morgan fingerprint density at radius 1 is 1.16 bits per heavy atom. The molecule has 3 heterocycles. The Balaban J connectivity index is 1.30. The summed E-state index contributed by atoms with van der Waals surface area (Å²) < 4.78 is 13.2. The van der Waals surface area contributed by atoms with Gasteiger partial charge in [-0.1, -0.05) is 13.3 Å². The smallest absolute Gasteiger partial charge is 0.291 e. The van der Waals surface area contributed by atoms with E-state index < -0.39 is 0 Å². The number of fused-ring (bicyclic) bond motifs is 3. The standard InChI is InChI=1S/C25H26N4O3/c1-2-3-14-31-20-9-7-19(8-10-20)28-12-13-29-22-11-6-18(16-21(22)27-24(29)17-28)26-25(30)23-5-4-15-32-23/h4-11,15-16H,2-3,12-14,17H2,1H3,(H,26,30). The summed E-state index contributed by atoms with van der Waals surface area (Å²) in [5, 5.41) is 2.87. The molecule has 5 rings (SSSR count). The zero-order valence-electron chi connectivity index (χ0n) is 18.1. The first-order chi connectivity index (χ1) is 15.7. The first kappa shape index (κ1) is 20.2. The third kappa shape index (κ3) is 4.06. The Kier molecular flexibility index (Phi) is 5.54. The van der Waals surface area contributed by atoms with Gasteiger partial charge in [-0.3, -0.25) is 4.79 Å². The molecule has 0 radical (unpaired) electrons. The number of carbonyl (C=O) groups is 1. The zero-order valence-corrected chi connectivity index (χ0v) is 18.1. The van der Waals surface area contributed by atoms with Crippen molar-refractivity contribution < 1.29 is 13.9 Å². The Morgan fingerprint density at radius 2 is 2.03 bits per heavy atom. The molecule has 0 saturated carbocycles. The van der Waals surface area contributed by atoms with Crippen LogP contribution in [0.3, 0.4) is 0 Å². The summed E-state index contributed by atoms with van der Waals surface area (Å²) in [6.07, 6.45) is 3.68. The average molecular weight is 431 g/mol.